The van der Waals surface area contributed by atoms with Crippen molar-refractivity contribution in [3.63, 3.8) is 0 Å². The molecule has 0 aromatic carbocycles. The number of cyclic esters (lactones) is 1. The van der Waals surface area contributed by atoms with Crippen LogP contribution < -0.4 is 0 Å². The molecule has 5 nitrogen and oxygen atoms in total. The first kappa shape index (κ1) is 18.1. The fraction of sp³-hybridized carbons (Fsp3) is 0.812. The molecule has 0 aliphatic carbocycles. The van der Waals surface area contributed by atoms with Crippen molar-refractivity contribution in [3.05, 3.63) is 12.2 Å². The van der Waals surface area contributed by atoms with Crippen LogP contribution in [0.2, 0.25) is 0 Å². The number of allylic oxidation sites excluding steroid dienone is 2. The van der Waals surface area contributed by atoms with Crippen LogP contribution in [0.1, 0.15) is 52.4 Å². The van der Waals surface area contributed by atoms with Crippen molar-refractivity contribution in [1.29, 1.82) is 0 Å². The molecule has 0 fully saturated rings. The molecular formula is C16H28O5. The molecule has 1 heterocycles. The number of ether oxygens (including phenoxy) is 1. The number of aliphatic hydroxyl groups is 3. The van der Waals surface area contributed by atoms with Crippen LogP contribution in [0.15, 0.2) is 12.2 Å². The molecule has 0 saturated carbocycles. The van der Waals surface area contributed by atoms with Gasteiger partial charge in [-0.05, 0) is 38.5 Å². The molecule has 0 unspecified atom stereocenters. The lowest BCUT2D eigenvalue weighted by Crippen LogP contribution is -2.45. The molecule has 0 bridgehead atoms. The van der Waals surface area contributed by atoms with Crippen molar-refractivity contribution < 1.29 is 24.9 Å². The normalized spacial score (nSPS) is 31.2. The van der Waals surface area contributed by atoms with Crippen molar-refractivity contribution in [3.8, 4) is 0 Å². The third kappa shape index (κ3) is 6.59. The van der Waals surface area contributed by atoms with E-state index in [1.165, 1.54) is 6.92 Å². The summed E-state index contributed by atoms with van der Waals surface area (Å²) >= 11 is 0. The minimum absolute atomic E-state index is 0.263. The summed E-state index contributed by atoms with van der Waals surface area (Å²) in [5, 5.41) is 29.3. The summed E-state index contributed by atoms with van der Waals surface area (Å²) in [6.07, 6.45) is 3.80. The maximum atomic E-state index is 11.8. The SMILES string of the molecule is C[C@H]1C/C=C/CCC(=O)O[C@@H]([C@H](O)[C@H](O)[C@H](C)O)CCC1. The first-order chi connectivity index (χ1) is 9.91. The summed E-state index contributed by atoms with van der Waals surface area (Å²) in [6, 6.07) is 0. The second-order valence-corrected chi connectivity index (χ2v) is 6.03. The first-order valence-corrected chi connectivity index (χ1v) is 7.80. The van der Waals surface area contributed by atoms with Gasteiger partial charge in [-0.2, -0.15) is 0 Å². The number of esters is 1. The molecule has 1 rings (SSSR count). The van der Waals surface area contributed by atoms with E-state index in [0.29, 0.717) is 18.8 Å². The molecule has 0 aromatic heterocycles. The van der Waals surface area contributed by atoms with E-state index < -0.39 is 24.4 Å². The van der Waals surface area contributed by atoms with Crippen molar-refractivity contribution in [2.24, 2.45) is 5.92 Å². The van der Waals surface area contributed by atoms with Gasteiger partial charge in [-0.25, -0.2) is 0 Å². The Morgan fingerprint density at radius 2 is 1.95 bits per heavy atom. The number of hydrogen-bond acceptors (Lipinski definition) is 5. The molecule has 122 valence electrons. The summed E-state index contributed by atoms with van der Waals surface area (Å²) in [6.45, 7) is 3.57. The van der Waals surface area contributed by atoms with Crippen LogP contribution in [0, 0.1) is 5.92 Å². The number of hydrogen-bond donors (Lipinski definition) is 3. The van der Waals surface area contributed by atoms with Crippen LogP contribution in [0.4, 0.5) is 0 Å². The topological polar surface area (TPSA) is 87.0 Å². The largest absolute Gasteiger partial charge is 0.459 e. The summed E-state index contributed by atoms with van der Waals surface area (Å²) in [5.41, 5.74) is 0. The lowest BCUT2D eigenvalue weighted by Gasteiger charge is -2.28. The minimum atomic E-state index is -1.31. The van der Waals surface area contributed by atoms with Crippen LogP contribution >= 0.6 is 0 Å². The second-order valence-electron chi connectivity index (χ2n) is 6.03. The van der Waals surface area contributed by atoms with Gasteiger partial charge in [0.05, 0.1) is 6.10 Å². The van der Waals surface area contributed by atoms with E-state index in [4.69, 9.17) is 4.74 Å². The van der Waals surface area contributed by atoms with E-state index in [9.17, 15) is 20.1 Å². The second kappa shape index (κ2) is 9.18. The monoisotopic (exact) mass is 300 g/mol. The Kier molecular flexibility index (Phi) is 7.93. The smallest absolute Gasteiger partial charge is 0.306 e. The fourth-order valence-electron chi connectivity index (χ4n) is 2.47. The van der Waals surface area contributed by atoms with Crippen molar-refractivity contribution in [2.75, 3.05) is 0 Å². The molecule has 3 N–H and O–H groups in total. The Morgan fingerprint density at radius 3 is 2.62 bits per heavy atom. The van der Waals surface area contributed by atoms with Gasteiger partial charge in [0.15, 0.2) is 0 Å². The highest BCUT2D eigenvalue weighted by Crippen LogP contribution is 2.20. The van der Waals surface area contributed by atoms with E-state index >= 15 is 0 Å². The van der Waals surface area contributed by atoms with Crippen LogP contribution in [0.3, 0.4) is 0 Å². The van der Waals surface area contributed by atoms with Gasteiger partial charge in [0, 0.05) is 6.42 Å². The zero-order valence-electron chi connectivity index (χ0n) is 12.9. The first-order valence-electron chi connectivity index (χ1n) is 7.80. The van der Waals surface area contributed by atoms with Gasteiger partial charge >= 0.3 is 5.97 Å². The maximum absolute atomic E-state index is 11.8. The van der Waals surface area contributed by atoms with Gasteiger partial charge in [0.1, 0.15) is 18.3 Å². The molecule has 0 saturated heterocycles. The Bertz CT molecular complexity index is 340. The predicted octanol–water partition coefficient (Wildman–Crippen LogP) is 1.55. The van der Waals surface area contributed by atoms with Gasteiger partial charge in [-0.15, -0.1) is 0 Å². The molecule has 5 atom stereocenters. The predicted molar refractivity (Wildman–Crippen MR) is 79.6 cm³/mol. The average molecular weight is 300 g/mol. The molecule has 0 spiro atoms. The highest BCUT2D eigenvalue weighted by molar-refractivity contribution is 5.69. The quantitative estimate of drug-likeness (QED) is 0.544. The van der Waals surface area contributed by atoms with Crippen molar-refractivity contribution in [1.82, 2.24) is 0 Å². The highest BCUT2D eigenvalue weighted by atomic mass is 16.6. The summed E-state index contributed by atoms with van der Waals surface area (Å²) in [4.78, 5) is 11.8. The Morgan fingerprint density at radius 1 is 1.24 bits per heavy atom. The summed E-state index contributed by atoms with van der Waals surface area (Å²) in [5.74, 6) is 0.158. The van der Waals surface area contributed by atoms with E-state index in [-0.39, 0.29) is 12.4 Å². The van der Waals surface area contributed by atoms with Gasteiger partial charge in [0.25, 0.3) is 0 Å². The Labute approximate surface area is 126 Å². The van der Waals surface area contributed by atoms with Crippen molar-refractivity contribution in [2.45, 2.75) is 76.8 Å². The number of carbonyl (C=O) groups is 1. The lowest BCUT2D eigenvalue weighted by molar-refractivity contribution is -0.165. The van der Waals surface area contributed by atoms with Crippen molar-refractivity contribution >= 4 is 5.97 Å². The van der Waals surface area contributed by atoms with E-state index in [1.54, 1.807) is 0 Å². The number of rotatable bonds is 3. The lowest BCUT2D eigenvalue weighted by atomic mass is 9.95. The molecular weight excluding hydrogens is 272 g/mol. The molecule has 1 aliphatic rings. The molecule has 5 heteroatoms. The van der Waals surface area contributed by atoms with Crippen LogP contribution in [0.5, 0.6) is 0 Å². The highest BCUT2D eigenvalue weighted by Gasteiger charge is 2.31. The van der Waals surface area contributed by atoms with Crippen LogP contribution in [-0.4, -0.2) is 45.7 Å². The molecule has 0 aromatic rings. The Hall–Kier alpha value is -0.910. The standard InChI is InChI=1S/C16H28O5/c1-11-7-4-3-5-10-14(18)21-13(9-6-8-11)16(20)15(19)12(2)17/h3-4,11-13,15-17,19-20H,5-10H2,1-2H3/b4-3+/t11-,12-,13+,15+,16-/m0/s1. The van der Waals surface area contributed by atoms with E-state index in [2.05, 4.69) is 13.0 Å². The minimum Gasteiger partial charge on any atom is -0.459 e. The summed E-state index contributed by atoms with van der Waals surface area (Å²) < 4.78 is 5.30. The summed E-state index contributed by atoms with van der Waals surface area (Å²) in [7, 11) is 0. The number of aliphatic hydroxyl groups excluding tert-OH is 3. The maximum Gasteiger partial charge on any atom is 0.306 e. The third-order valence-electron chi connectivity index (χ3n) is 3.91. The zero-order chi connectivity index (χ0) is 15.8. The molecule has 21 heavy (non-hydrogen) atoms. The third-order valence-corrected chi connectivity index (χ3v) is 3.91. The zero-order valence-corrected chi connectivity index (χ0v) is 12.9. The van der Waals surface area contributed by atoms with E-state index in [1.807, 2.05) is 6.08 Å². The van der Waals surface area contributed by atoms with E-state index in [0.717, 1.165) is 19.3 Å². The molecule has 0 radical (unpaired) electrons. The molecule has 0 amide bonds. The fourth-order valence-corrected chi connectivity index (χ4v) is 2.47. The number of carbonyl (C=O) groups excluding carboxylic acids is 1. The van der Waals surface area contributed by atoms with Gasteiger partial charge < -0.3 is 20.1 Å². The van der Waals surface area contributed by atoms with Crippen LogP contribution in [-0.2, 0) is 9.53 Å². The van der Waals surface area contributed by atoms with Crippen LogP contribution in [0.25, 0.3) is 0 Å². The van der Waals surface area contributed by atoms with Gasteiger partial charge in [-0.3, -0.25) is 4.79 Å². The van der Waals surface area contributed by atoms with Gasteiger partial charge in [-0.1, -0.05) is 25.5 Å². The Balaban J connectivity index is 2.70. The van der Waals surface area contributed by atoms with Gasteiger partial charge in [0.2, 0.25) is 0 Å². The molecule has 1 aliphatic heterocycles. The average Bonchev–Trinajstić information content (AvgIpc) is 2.42.